The molecule has 0 heterocycles. The number of carbonyl (C=O) groups excluding carboxylic acids is 2. The first-order valence-corrected chi connectivity index (χ1v) is 13.5. The van der Waals surface area contributed by atoms with Gasteiger partial charge < -0.3 is 24.6 Å². The normalized spacial score (nSPS) is 12.3. The second-order valence-corrected chi connectivity index (χ2v) is 12.3. The van der Waals surface area contributed by atoms with Gasteiger partial charge >= 0.3 is 18.0 Å². The van der Waals surface area contributed by atoms with Crippen LogP contribution in [0.1, 0.15) is 58.2 Å². The Kier molecular flexibility index (Phi) is 11.7. The summed E-state index contributed by atoms with van der Waals surface area (Å²) in [6, 6.07) is 12.9. The molecule has 1 unspecified atom stereocenters. The van der Waals surface area contributed by atoms with Crippen LogP contribution in [0.2, 0.25) is 0 Å². The summed E-state index contributed by atoms with van der Waals surface area (Å²) in [4.78, 5) is 36.1. The minimum atomic E-state index is -1.10. The second kappa shape index (κ2) is 14.3. The number of carboxylic acid groups (broad SMARTS) is 1. The van der Waals surface area contributed by atoms with E-state index in [0.717, 1.165) is 11.1 Å². The van der Waals surface area contributed by atoms with Crippen molar-refractivity contribution < 1.29 is 33.7 Å². The molecule has 1 atom stereocenters. The Hall–Kier alpha value is -3.40. The number of hydrogen-bond donors (Lipinski definition) is 3. The number of thiol groups is 1. The zero-order chi connectivity index (χ0) is 30.1. The van der Waals surface area contributed by atoms with Crippen LogP contribution >= 0.6 is 12.8 Å². The van der Waals surface area contributed by atoms with E-state index in [1.807, 2.05) is 0 Å². The summed E-state index contributed by atoms with van der Waals surface area (Å²) in [6.07, 6.45) is 0.598. The number of esters is 1. The number of hydrogen-bond acceptors (Lipinski definition) is 7. The Balaban J connectivity index is 2.06. The Labute approximate surface area is 242 Å². The van der Waals surface area contributed by atoms with Crippen LogP contribution < -0.4 is 14.8 Å². The van der Waals surface area contributed by atoms with E-state index in [2.05, 4.69) is 63.2 Å². The lowest BCUT2D eigenvalue weighted by molar-refractivity contribution is -0.154. The lowest BCUT2D eigenvalue weighted by Gasteiger charge is -2.25. The van der Waals surface area contributed by atoms with Gasteiger partial charge in [0.2, 0.25) is 0 Å². The Morgan fingerprint density at radius 1 is 0.975 bits per heavy atom. The maximum absolute atomic E-state index is 12.9. The fourth-order valence-corrected chi connectivity index (χ4v) is 4.04. The highest BCUT2D eigenvalue weighted by Gasteiger charge is 2.26. The van der Waals surface area contributed by atoms with Crippen LogP contribution in [0.4, 0.5) is 4.79 Å². The lowest BCUT2D eigenvalue weighted by atomic mass is 9.86. The van der Waals surface area contributed by atoms with Crippen molar-refractivity contribution in [1.29, 1.82) is 0 Å². The molecule has 0 saturated heterocycles. The molecule has 2 aromatic rings. The van der Waals surface area contributed by atoms with E-state index in [-0.39, 0.29) is 37.0 Å². The van der Waals surface area contributed by atoms with Crippen molar-refractivity contribution in [3.05, 3.63) is 59.2 Å². The highest BCUT2D eigenvalue weighted by atomic mass is 32.1. The van der Waals surface area contributed by atoms with Crippen molar-refractivity contribution in [2.75, 3.05) is 26.9 Å². The molecule has 40 heavy (non-hydrogen) atoms. The first-order chi connectivity index (χ1) is 18.6. The van der Waals surface area contributed by atoms with Gasteiger partial charge in [-0.3, -0.25) is 9.10 Å². The summed E-state index contributed by atoms with van der Waals surface area (Å²) in [7, 11) is 1.45. The van der Waals surface area contributed by atoms with Gasteiger partial charge in [0.05, 0.1) is 19.1 Å². The SMILES string of the molecule is COc1cc(CNC(=O)N(S)CC(COC(=O)C(C)(C)C)Cc2ccc(C(C)(C)C)cc2)ccc1OCC(=O)O. The molecule has 220 valence electrons. The standard InChI is InChI=1S/C30H42N2O7S/c1-29(2,3)23-11-8-20(9-12-23)14-22(18-39-27(35)30(4,5)6)17-32(40)28(36)31-16-21-10-13-24(25(15-21)37-7)38-19-26(33)34/h8-13,15,22,40H,14,16-19H2,1-7H3,(H,31,36)(H,33,34). The zero-order valence-corrected chi connectivity index (χ0v) is 25.3. The zero-order valence-electron chi connectivity index (χ0n) is 24.4. The topological polar surface area (TPSA) is 114 Å². The molecule has 0 bridgehead atoms. The number of benzene rings is 2. The van der Waals surface area contributed by atoms with Gasteiger partial charge in [0.1, 0.15) is 0 Å². The second-order valence-electron chi connectivity index (χ2n) is 11.8. The summed E-state index contributed by atoms with van der Waals surface area (Å²) in [6.45, 7) is 12.0. The maximum Gasteiger partial charge on any atom is 0.341 e. The van der Waals surface area contributed by atoms with Crippen LogP contribution in [0, 0.1) is 11.3 Å². The van der Waals surface area contributed by atoms with E-state index < -0.39 is 24.0 Å². The molecule has 0 aliphatic rings. The van der Waals surface area contributed by atoms with E-state index in [0.29, 0.717) is 17.9 Å². The van der Waals surface area contributed by atoms with Gasteiger partial charge in [-0.2, -0.15) is 0 Å². The first kappa shape index (κ1) is 32.8. The molecule has 0 aromatic heterocycles. The summed E-state index contributed by atoms with van der Waals surface area (Å²) in [5, 5.41) is 11.6. The van der Waals surface area contributed by atoms with Crippen molar-refractivity contribution in [2.45, 2.75) is 59.9 Å². The van der Waals surface area contributed by atoms with Crippen molar-refractivity contribution >= 4 is 30.8 Å². The molecule has 2 N–H and O–H groups in total. The van der Waals surface area contributed by atoms with Gasteiger partial charge in [0.25, 0.3) is 0 Å². The summed E-state index contributed by atoms with van der Waals surface area (Å²) < 4.78 is 17.4. The van der Waals surface area contributed by atoms with Gasteiger partial charge in [-0.25, -0.2) is 9.59 Å². The van der Waals surface area contributed by atoms with Crippen molar-refractivity contribution in [3.63, 3.8) is 0 Å². The number of aliphatic carboxylic acids is 1. The van der Waals surface area contributed by atoms with Crippen LogP contribution in [0.15, 0.2) is 42.5 Å². The summed E-state index contributed by atoms with van der Waals surface area (Å²) in [5.74, 6) is -0.935. The largest absolute Gasteiger partial charge is 0.493 e. The minimum Gasteiger partial charge on any atom is -0.493 e. The third-order valence-electron chi connectivity index (χ3n) is 6.10. The molecule has 2 rings (SSSR count). The molecule has 0 aliphatic heterocycles. The third kappa shape index (κ3) is 10.6. The molecular formula is C30H42N2O7S. The van der Waals surface area contributed by atoms with Gasteiger partial charge in [-0.15, -0.1) is 0 Å². The number of urea groups is 1. The molecule has 9 nitrogen and oxygen atoms in total. The predicted molar refractivity (Wildman–Crippen MR) is 157 cm³/mol. The number of rotatable bonds is 12. The molecule has 0 saturated carbocycles. The highest BCUT2D eigenvalue weighted by molar-refractivity contribution is 7.78. The average Bonchev–Trinajstić information content (AvgIpc) is 2.88. The number of methoxy groups -OCH3 is 1. The molecule has 0 aliphatic carbocycles. The molecule has 10 heteroatoms. The minimum absolute atomic E-state index is 0.0377. The molecule has 2 amide bonds. The molecule has 0 radical (unpaired) electrons. The van der Waals surface area contributed by atoms with Crippen LogP contribution in [0.25, 0.3) is 0 Å². The van der Waals surface area contributed by atoms with E-state index in [1.54, 1.807) is 39.0 Å². The Bertz CT molecular complexity index is 1150. The van der Waals surface area contributed by atoms with Crippen LogP contribution in [-0.4, -0.2) is 54.2 Å². The van der Waals surface area contributed by atoms with Gasteiger partial charge in [-0.1, -0.05) is 63.9 Å². The summed E-state index contributed by atoms with van der Waals surface area (Å²) >= 11 is 4.42. The number of nitrogens with one attached hydrogen (secondary N) is 1. The fourth-order valence-electron chi connectivity index (χ4n) is 3.74. The number of nitrogens with zero attached hydrogens (tertiary/aromatic N) is 1. The number of amides is 2. The van der Waals surface area contributed by atoms with E-state index >= 15 is 0 Å². The summed E-state index contributed by atoms with van der Waals surface area (Å²) in [5.41, 5.74) is 2.43. The van der Waals surface area contributed by atoms with Gasteiger partial charge in [0.15, 0.2) is 18.1 Å². The molecular weight excluding hydrogens is 532 g/mol. The third-order valence-corrected chi connectivity index (χ3v) is 6.44. The quantitative estimate of drug-likeness (QED) is 0.234. The van der Waals surface area contributed by atoms with Crippen LogP contribution in [-0.2, 0) is 32.7 Å². The van der Waals surface area contributed by atoms with Crippen LogP contribution in [0.5, 0.6) is 11.5 Å². The Morgan fingerprint density at radius 3 is 2.15 bits per heavy atom. The fraction of sp³-hybridized carbons (Fsp3) is 0.500. The van der Waals surface area contributed by atoms with Crippen molar-refractivity contribution in [3.8, 4) is 11.5 Å². The van der Waals surface area contributed by atoms with Gasteiger partial charge in [-0.05, 0) is 61.4 Å². The lowest BCUT2D eigenvalue weighted by Crippen LogP contribution is -2.38. The highest BCUT2D eigenvalue weighted by Crippen LogP contribution is 2.28. The number of carbonyl (C=O) groups is 3. The van der Waals surface area contributed by atoms with E-state index in [4.69, 9.17) is 19.3 Å². The smallest absolute Gasteiger partial charge is 0.341 e. The molecule has 0 spiro atoms. The Morgan fingerprint density at radius 2 is 1.60 bits per heavy atom. The van der Waals surface area contributed by atoms with Gasteiger partial charge in [0, 0.05) is 19.0 Å². The van der Waals surface area contributed by atoms with Crippen LogP contribution in [0.3, 0.4) is 0 Å². The van der Waals surface area contributed by atoms with Crippen molar-refractivity contribution in [2.24, 2.45) is 11.3 Å². The van der Waals surface area contributed by atoms with E-state index in [1.165, 1.54) is 17.0 Å². The van der Waals surface area contributed by atoms with Crippen molar-refractivity contribution in [1.82, 2.24) is 9.62 Å². The number of carboxylic acids is 1. The first-order valence-electron chi connectivity index (χ1n) is 13.1. The molecule has 0 fully saturated rings. The van der Waals surface area contributed by atoms with E-state index in [9.17, 15) is 14.4 Å². The predicted octanol–water partition coefficient (Wildman–Crippen LogP) is 5.26. The molecule has 2 aromatic carbocycles. The number of ether oxygens (including phenoxy) is 3. The maximum atomic E-state index is 12.9. The monoisotopic (exact) mass is 574 g/mol. The average molecular weight is 575 g/mol.